The van der Waals surface area contributed by atoms with E-state index in [1.807, 2.05) is 36.4 Å². The maximum absolute atomic E-state index is 12.6. The number of carbonyl (C=O) groups is 1. The summed E-state index contributed by atoms with van der Waals surface area (Å²) in [6, 6.07) is 11.2. The van der Waals surface area contributed by atoms with Crippen LogP contribution in [0.2, 0.25) is 0 Å². The van der Waals surface area contributed by atoms with Crippen molar-refractivity contribution in [3.8, 4) is 11.5 Å². The molecule has 2 heterocycles. The summed E-state index contributed by atoms with van der Waals surface area (Å²) < 4.78 is 15.7. The second-order valence-electron chi connectivity index (χ2n) is 5.52. The number of nitrogens with zero attached hydrogens (tertiary/aromatic N) is 2. The molecule has 2 aromatic rings. The molecule has 0 saturated heterocycles. The standard InChI is InChI=1S/C19H20N2O4/c1-23-11-10-21(13-16-4-2-3-9-20-16)19(22)8-6-15-5-7-17-18(12-15)25-14-24-17/h2-9,12H,10-11,13-14H2,1H3/b8-6-. The van der Waals surface area contributed by atoms with Crippen LogP contribution in [0, 0.1) is 0 Å². The molecule has 0 atom stereocenters. The number of aromatic nitrogens is 1. The number of methoxy groups -OCH3 is 1. The third-order valence-electron chi connectivity index (χ3n) is 3.77. The fraction of sp³-hybridized carbons (Fsp3) is 0.263. The lowest BCUT2D eigenvalue weighted by molar-refractivity contribution is -0.127. The summed E-state index contributed by atoms with van der Waals surface area (Å²) in [5, 5.41) is 0. The maximum Gasteiger partial charge on any atom is 0.247 e. The lowest BCUT2D eigenvalue weighted by atomic mass is 10.2. The summed E-state index contributed by atoms with van der Waals surface area (Å²) in [5.41, 5.74) is 1.71. The quantitative estimate of drug-likeness (QED) is 0.725. The van der Waals surface area contributed by atoms with Gasteiger partial charge in [-0.15, -0.1) is 0 Å². The fourth-order valence-electron chi connectivity index (χ4n) is 2.45. The molecular formula is C19H20N2O4. The first-order valence-electron chi connectivity index (χ1n) is 8.02. The van der Waals surface area contributed by atoms with Crippen molar-refractivity contribution in [3.63, 3.8) is 0 Å². The first-order chi connectivity index (χ1) is 12.3. The van der Waals surface area contributed by atoms with E-state index >= 15 is 0 Å². The molecule has 0 bridgehead atoms. The largest absolute Gasteiger partial charge is 0.454 e. The van der Waals surface area contributed by atoms with Gasteiger partial charge in [0.25, 0.3) is 0 Å². The van der Waals surface area contributed by atoms with E-state index in [0.29, 0.717) is 25.4 Å². The highest BCUT2D eigenvalue weighted by atomic mass is 16.7. The number of amides is 1. The van der Waals surface area contributed by atoms with E-state index in [2.05, 4.69) is 4.98 Å². The van der Waals surface area contributed by atoms with Crippen LogP contribution in [-0.2, 0) is 16.1 Å². The number of carbonyl (C=O) groups excluding carboxylic acids is 1. The predicted molar refractivity (Wildman–Crippen MR) is 93.1 cm³/mol. The first kappa shape index (κ1) is 17.0. The number of hydrogen-bond donors (Lipinski definition) is 0. The van der Waals surface area contributed by atoms with Crippen LogP contribution in [0.25, 0.3) is 6.08 Å². The zero-order valence-corrected chi connectivity index (χ0v) is 14.1. The highest BCUT2D eigenvalue weighted by Gasteiger charge is 2.14. The number of benzene rings is 1. The molecule has 0 saturated carbocycles. The fourth-order valence-corrected chi connectivity index (χ4v) is 2.45. The highest BCUT2D eigenvalue weighted by molar-refractivity contribution is 5.91. The van der Waals surface area contributed by atoms with Gasteiger partial charge in [0.05, 0.1) is 18.8 Å². The average Bonchev–Trinajstić information content (AvgIpc) is 3.11. The molecule has 0 fully saturated rings. The molecule has 0 unspecified atom stereocenters. The van der Waals surface area contributed by atoms with Crippen LogP contribution in [0.3, 0.4) is 0 Å². The lowest BCUT2D eigenvalue weighted by Crippen LogP contribution is -2.32. The lowest BCUT2D eigenvalue weighted by Gasteiger charge is -2.20. The number of rotatable bonds is 7. The van der Waals surface area contributed by atoms with Crippen molar-refractivity contribution in [2.24, 2.45) is 0 Å². The van der Waals surface area contributed by atoms with Gasteiger partial charge in [0.1, 0.15) is 0 Å². The molecule has 6 heteroatoms. The smallest absolute Gasteiger partial charge is 0.247 e. The van der Waals surface area contributed by atoms with Gasteiger partial charge < -0.3 is 19.1 Å². The van der Waals surface area contributed by atoms with Crippen LogP contribution in [0.4, 0.5) is 0 Å². The number of pyridine rings is 1. The minimum atomic E-state index is -0.0969. The second-order valence-corrected chi connectivity index (χ2v) is 5.52. The summed E-state index contributed by atoms with van der Waals surface area (Å²) in [5.74, 6) is 1.32. The number of hydrogen-bond acceptors (Lipinski definition) is 5. The normalized spacial score (nSPS) is 12.5. The molecule has 25 heavy (non-hydrogen) atoms. The predicted octanol–water partition coefficient (Wildman–Crippen LogP) is 2.50. The Kier molecular flexibility index (Phi) is 5.64. The van der Waals surface area contributed by atoms with Crippen molar-refractivity contribution >= 4 is 12.0 Å². The maximum atomic E-state index is 12.6. The topological polar surface area (TPSA) is 60.9 Å². The van der Waals surface area contributed by atoms with Gasteiger partial charge >= 0.3 is 0 Å². The molecule has 6 nitrogen and oxygen atoms in total. The average molecular weight is 340 g/mol. The van der Waals surface area contributed by atoms with Gasteiger partial charge in [0.2, 0.25) is 12.7 Å². The van der Waals surface area contributed by atoms with Gasteiger partial charge in [-0.1, -0.05) is 12.1 Å². The molecule has 1 aromatic carbocycles. The Bertz CT molecular complexity index is 746. The van der Waals surface area contributed by atoms with E-state index in [0.717, 1.165) is 17.0 Å². The van der Waals surface area contributed by atoms with Gasteiger partial charge in [-0.25, -0.2) is 0 Å². The van der Waals surface area contributed by atoms with Crippen LogP contribution in [0.5, 0.6) is 11.5 Å². The third kappa shape index (κ3) is 4.58. The van der Waals surface area contributed by atoms with E-state index < -0.39 is 0 Å². The molecule has 0 spiro atoms. The van der Waals surface area contributed by atoms with Crippen molar-refractivity contribution in [2.75, 3.05) is 27.1 Å². The minimum absolute atomic E-state index is 0.0969. The molecule has 1 aliphatic rings. The van der Waals surface area contributed by atoms with Gasteiger partial charge in [0, 0.05) is 25.9 Å². The van der Waals surface area contributed by atoms with Crippen LogP contribution in [-0.4, -0.2) is 42.8 Å². The molecule has 1 aliphatic heterocycles. The van der Waals surface area contributed by atoms with E-state index in [1.165, 1.54) is 0 Å². The van der Waals surface area contributed by atoms with E-state index in [-0.39, 0.29) is 12.7 Å². The van der Waals surface area contributed by atoms with Crippen LogP contribution in [0.15, 0.2) is 48.7 Å². The van der Waals surface area contributed by atoms with Crippen LogP contribution in [0.1, 0.15) is 11.3 Å². The van der Waals surface area contributed by atoms with Gasteiger partial charge in [-0.05, 0) is 35.9 Å². The number of fused-ring (bicyclic) bond motifs is 1. The zero-order chi connectivity index (χ0) is 17.5. The van der Waals surface area contributed by atoms with Crippen molar-refractivity contribution in [3.05, 3.63) is 59.9 Å². The summed E-state index contributed by atoms with van der Waals surface area (Å²) >= 11 is 0. The number of ether oxygens (including phenoxy) is 3. The third-order valence-corrected chi connectivity index (χ3v) is 3.77. The highest BCUT2D eigenvalue weighted by Crippen LogP contribution is 2.32. The van der Waals surface area contributed by atoms with Gasteiger partial charge in [-0.2, -0.15) is 0 Å². The molecule has 3 rings (SSSR count). The molecular weight excluding hydrogens is 320 g/mol. The second kappa shape index (κ2) is 8.30. The van der Waals surface area contributed by atoms with E-state index in [9.17, 15) is 4.79 Å². The van der Waals surface area contributed by atoms with Crippen molar-refractivity contribution in [1.29, 1.82) is 0 Å². The molecule has 1 amide bonds. The van der Waals surface area contributed by atoms with E-state index in [1.54, 1.807) is 30.4 Å². The molecule has 0 radical (unpaired) electrons. The monoisotopic (exact) mass is 340 g/mol. The Hall–Kier alpha value is -2.86. The minimum Gasteiger partial charge on any atom is -0.454 e. The summed E-state index contributed by atoms with van der Waals surface area (Å²) in [6.45, 7) is 1.64. The molecule has 0 aliphatic carbocycles. The molecule has 0 N–H and O–H groups in total. The Morgan fingerprint density at radius 1 is 1.28 bits per heavy atom. The molecule has 1 aromatic heterocycles. The van der Waals surface area contributed by atoms with Crippen LogP contribution >= 0.6 is 0 Å². The zero-order valence-electron chi connectivity index (χ0n) is 14.1. The Balaban J connectivity index is 1.68. The summed E-state index contributed by atoms with van der Waals surface area (Å²) in [7, 11) is 1.62. The summed E-state index contributed by atoms with van der Waals surface area (Å²) in [4.78, 5) is 18.5. The Morgan fingerprint density at radius 2 is 2.16 bits per heavy atom. The Morgan fingerprint density at radius 3 is 2.96 bits per heavy atom. The van der Waals surface area contributed by atoms with Gasteiger partial charge in [-0.3, -0.25) is 9.78 Å². The van der Waals surface area contributed by atoms with Crippen molar-refractivity contribution in [2.45, 2.75) is 6.54 Å². The van der Waals surface area contributed by atoms with Crippen molar-refractivity contribution in [1.82, 2.24) is 9.88 Å². The van der Waals surface area contributed by atoms with Crippen molar-refractivity contribution < 1.29 is 19.0 Å². The SMILES string of the molecule is COCCN(Cc1ccccn1)C(=O)/C=C\c1ccc2c(c1)OCO2. The van der Waals surface area contributed by atoms with Crippen LogP contribution < -0.4 is 9.47 Å². The Labute approximate surface area is 146 Å². The summed E-state index contributed by atoms with van der Waals surface area (Å²) in [6.07, 6.45) is 5.04. The van der Waals surface area contributed by atoms with Gasteiger partial charge in [0.15, 0.2) is 11.5 Å². The molecule has 130 valence electrons. The van der Waals surface area contributed by atoms with E-state index in [4.69, 9.17) is 14.2 Å². The first-order valence-corrected chi connectivity index (χ1v) is 8.02.